The van der Waals surface area contributed by atoms with Gasteiger partial charge in [0.05, 0.1) is 16.3 Å². The molecule has 0 aliphatic heterocycles. The van der Waals surface area contributed by atoms with Crippen LogP contribution in [0.4, 0.5) is 5.69 Å². The standard InChI is InChI=1S/C15H12Cl2N2O3/c16-9-5-6-11(17)12(7-9)19-14(20)8-22-13-4-2-1-3-10(13)15(18)21/h1-7H,8H2,(H2,18,21)(H,19,20). The van der Waals surface area contributed by atoms with Crippen molar-refractivity contribution in [1.29, 1.82) is 0 Å². The third-order valence-corrected chi connectivity index (χ3v) is 3.28. The molecule has 2 aromatic carbocycles. The first kappa shape index (κ1) is 16.1. The van der Waals surface area contributed by atoms with Crippen molar-refractivity contribution in [2.45, 2.75) is 0 Å². The smallest absolute Gasteiger partial charge is 0.262 e. The quantitative estimate of drug-likeness (QED) is 0.878. The third-order valence-electron chi connectivity index (χ3n) is 2.71. The van der Waals surface area contributed by atoms with Crippen molar-refractivity contribution >= 4 is 40.7 Å². The van der Waals surface area contributed by atoms with E-state index in [-0.39, 0.29) is 17.9 Å². The Labute approximate surface area is 137 Å². The highest BCUT2D eigenvalue weighted by Gasteiger charge is 2.11. The Morgan fingerprint density at radius 2 is 1.86 bits per heavy atom. The van der Waals surface area contributed by atoms with Crippen LogP contribution in [0.25, 0.3) is 0 Å². The molecule has 2 rings (SSSR count). The fourth-order valence-corrected chi connectivity index (χ4v) is 2.06. The maximum absolute atomic E-state index is 11.9. The van der Waals surface area contributed by atoms with Crippen LogP contribution in [-0.2, 0) is 4.79 Å². The normalized spacial score (nSPS) is 10.1. The number of hydrogen-bond donors (Lipinski definition) is 2. The topological polar surface area (TPSA) is 81.4 Å². The Kier molecular flexibility index (Phi) is 5.25. The molecule has 0 aliphatic carbocycles. The van der Waals surface area contributed by atoms with Crippen LogP contribution in [0.5, 0.6) is 5.75 Å². The van der Waals surface area contributed by atoms with Gasteiger partial charge in [-0.2, -0.15) is 0 Å². The van der Waals surface area contributed by atoms with E-state index in [2.05, 4.69) is 5.32 Å². The van der Waals surface area contributed by atoms with Crippen LogP contribution in [-0.4, -0.2) is 18.4 Å². The molecule has 0 aliphatic rings. The van der Waals surface area contributed by atoms with Crippen LogP contribution in [0.3, 0.4) is 0 Å². The summed E-state index contributed by atoms with van der Waals surface area (Å²) in [5, 5.41) is 3.37. The summed E-state index contributed by atoms with van der Waals surface area (Å²) in [7, 11) is 0. The lowest BCUT2D eigenvalue weighted by Gasteiger charge is -2.10. The summed E-state index contributed by atoms with van der Waals surface area (Å²) in [6, 6.07) is 11.1. The van der Waals surface area contributed by atoms with Gasteiger partial charge >= 0.3 is 0 Å². The highest BCUT2D eigenvalue weighted by atomic mass is 35.5. The zero-order valence-corrected chi connectivity index (χ0v) is 12.8. The number of ether oxygens (including phenoxy) is 1. The Bertz CT molecular complexity index is 720. The fourth-order valence-electron chi connectivity index (χ4n) is 1.72. The van der Waals surface area contributed by atoms with Gasteiger partial charge in [-0.1, -0.05) is 35.3 Å². The number of para-hydroxylation sites is 1. The van der Waals surface area contributed by atoms with Gasteiger partial charge in [-0.25, -0.2) is 0 Å². The summed E-state index contributed by atoms with van der Waals surface area (Å²) in [4.78, 5) is 23.1. The molecule has 5 nitrogen and oxygen atoms in total. The number of nitrogens with one attached hydrogen (secondary N) is 1. The molecule has 114 valence electrons. The number of rotatable bonds is 5. The third kappa shape index (κ3) is 4.13. The molecule has 0 heterocycles. The van der Waals surface area contributed by atoms with Crippen molar-refractivity contribution in [2.75, 3.05) is 11.9 Å². The molecule has 0 bridgehead atoms. The van der Waals surface area contributed by atoms with Crippen LogP contribution in [0.15, 0.2) is 42.5 Å². The number of benzene rings is 2. The van der Waals surface area contributed by atoms with Gasteiger partial charge in [0.25, 0.3) is 11.8 Å². The average Bonchev–Trinajstić information content (AvgIpc) is 2.49. The minimum Gasteiger partial charge on any atom is -0.483 e. The number of primary amides is 1. The number of hydrogen-bond acceptors (Lipinski definition) is 3. The van der Waals surface area contributed by atoms with Gasteiger partial charge in [0.1, 0.15) is 5.75 Å². The van der Waals surface area contributed by atoms with E-state index in [0.29, 0.717) is 15.7 Å². The zero-order chi connectivity index (χ0) is 16.1. The largest absolute Gasteiger partial charge is 0.483 e. The van der Waals surface area contributed by atoms with Crippen molar-refractivity contribution in [1.82, 2.24) is 0 Å². The lowest BCUT2D eigenvalue weighted by atomic mass is 10.2. The summed E-state index contributed by atoms with van der Waals surface area (Å²) < 4.78 is 5.31. The Morgan fingerprint density at radius 3 is 2.59 bits per heavy atom. The molecule has 7 heteroatoms. The molecule has 0 unspecified atom stereocenters. The van der Waals surface area contributed by atoms with Crippen molar-refractivity contribution < 1.29 is 14.3 Å². The van der Waals surface area contributed by atoms with E-state index >= 15 is 0 Å². The van der Waals surface area contributed by atoms with Crippen molar-refractivity contribution in [3.63, 3.8) is 0 Å². The van der Waals surface area contributed by atoms with Crippen molar-refractivity contribution in [2.24, 2.45) is 5.73 Å². The van der Waals surface area contributed by atoms with E-state index in [1.54, 1.807) is 30.3 Å². The molecular formula is C15H12Cl2N2O3. The van der Waals surface area contributed by atoms with E-state index in [0.717, 1.165) is 0 Å². The summed E-state index contributed by atoms with van der Waals surface area (Å²) in [6.07, 6.45) is 0. The highest BCUT2D eigenvalue weighted by molar-refractivity contribution is 6.35. The molecular weight excluding hydrogens is 327 g/mol. The Morgan fingerprint density at radius 1 is 1.14 bits per heavy atom. The van der Waals surface area contributed by atoms with Gasteiger partial charge in [0.2, 0.25) is 0 Å². The summed E-state index contributed by atoms with van der Waals surface area (Å²) >= 11 is 11.8. The minimum absolute atomic E-state index is 0.205. The summed E-state index contributed by atoms with van der Waals surface area (Å²) in [5.41, 5.74) is 5.81. The Balaban J connectivity index is 2.02. The number of amides is 2. The van der Waals surface area contributed by atoms with Crippen LogP contribution < -0.4 is 15.8 Å². The SMILES string of the molecule is NC(=O)c1ccccc1OCC(=O)Nc1cc(Cl)ccc1Cl. The van der Waals surface area contributed by atoms with Crippen molar-refractivity contribution in [3.8, 4) is 5.75 Å². The predicted molar refractivity (Wildman–Crippen MR) is 85.5 cm³/mol. The second kappa shape index (κ2) is 7.15. The first-order valence-electron chi connectivity index (χ1n) is 6.24. The van der Waals surface area contributed by atoms with Gasteiger partial charge in [0, 0.05) is 5.02 Å². The van der Waals surface area contributed by atoms with Crippen LogP contribution >= 0.6 is 23.2 Å². The van der Waals surface area contributed by atoms with E-state index in [9.17, 15) is 9.59 Å². The lowest BCUT2D eigenvalue weighted by molar-refractivity contribution is -0.118. The van der Waals surface area contributed by atoms with Gasteiger partial charge < -0.3 is 15.8 Å². The number of nitrogens with two attached hydrogens (primary N) is 1. The fraction of sp³-hybridized carbons (Fsp3) is 0.0667. The molecule has 0 aromatic heterocycles. The van der Waals surface area contributed by atoms with Crippen LogP contribution in [0.2, 0.25) is 10.0 Å². The predicted octanol–water partition coefficient (Wildman–Crippen LogP) is 3.11. The first-order chi connectivity index (χ1) is 10.5. The van der Waals surface area contributed by atoms with Crippen LogP contribution in [0.1, 0.15) is 10.4 Å². The van der Waals surface area contributed by atoms with E-state index in [1.165, 1.54) is 12.1 Å². The van der Waals surface area contributed by atoms with Gasteiger partial charge in [-0.05, 0) is 30.3 Å². The van der Waals surface area contributed by atoms with E-state index in [1.807, 2.05) is 0 Å². The number of carbonyl (C=O) groups is 2. The second-order valence-corrected chi connectivity index (χ2v) is 5.17. The molecule has 22 heavy (non-hydrogen) atoms. The molecule has 2 amide bonds. The summed E-state index contributed by atoms with van der Waals surface area (Å²) in [5.74, 6) is -0.834. The molecule has 0 saturated heterocycles. The second-order valence-electron chi connectivity index (χ2n) is 4.32. The number of carbonyl (C=O) groups excluding carboxylic acids is 2. The number of halogens is 2. The maximum atomic E-state index is 11.9. The van der Waals surface area contributed by atoms with Crippen LogP contribution in [0, 0.1) is 0 Å². The molecule has 0 fully saturated rings. The number of anilines is 1. The highest BCUT2D eigenvalue weighted by Crippen LogP contribution is 2.25. The van der Waals surface area contributed by atoms with E-state index in [4.69, 9.17) is 33.7 Å². The monoisotopic (exact) mass is 338 g/mol. The molecule has 2 aromatic rings. The van der Waals surface area contributed by atoms with Crippen molar-refractivity contribution in [3.05, 3.63) is 58.1 Å². The van der Waals surface area contributed by atoms with Gasteiger partial charge in [-0.3, -0.25) is 9.59 Å². The average molecular weight is 339 g/mol. The lowest BCUT2D eigenvalue weighted by Crippen LogP contribution is -2.21. The molecule has 0 spiro atoms. The first-order valence-corrected chi connectivity index (χ1v) is 6.99. The maximum Gasteiger partial charge on any atom is 0.262 e. The molecule has 3 N–H and O–H groups in total. The summed E-state index contributed by atoms with van der Waals surface area (Å²) in [6.45, 7) is -0.298. The molecule has 0 radical (unpaired) electrons. The van der Waals surface area contributed by atoms with Gasteiger partial charge in [0.15, 0.2) is 6.61 Å². The molecule has 0 saturated carbocycles. The minimum atomic E-state index is -0.631. The van der Waals surface area contributed by atoms with Gasteiger partial charge in [-0.15, -0.1) is 0 Å². The van der Waals surface area contributed by atoms with E-state index < -0.39 is 11.8 Å². The molecule has 0 atom stereocenters. The Hall–Kier alpha value is -2.24. The zero-order valence-electron chi connectivity index (χ0n) is 11.3.